The van der Waals surface area contributed by atoms with Crippen LogP contribution in [0.5, 0.6) is 11.5 Å². The van der Waals surface area contributed by atoms with Crippen molar-refractivity contribution in [3.63, 3.8) is 0 Å². The molecule has 0 saturated carbocycles. The maximum Gasteiger partial charge on any atom is 0.326 e. The number of hydrogen-bond acceptors (Lipinski definition) is 6. The quantitative estimate of drug-likeness (QED) is 0.232. The van der Waals surface area contributed by atoms with Crippen molar-refractivity contribution < 1.29 is 34.1 Å². The van der Waals surface area contributed by atoms with Crippen LogP contribution >= 0.6 is 0 Å². The van der Waals surface area contributed by atoms with Crippen LogP contribution in [0, 0.1) is 11.8 Å². The van der Waals surface area contributed by atoms with Gasteiger partial charge in [0.05, 0.1) is 6.61 Å². The molecule has 2 aromatic rings. The number of hydrogen-bond donors (Lipinski definition) is 6. The smallest absolute Gasteiger partial charge is 0.326 e. The van der Waals surface area contributed by atoms with Gasteiger partial charge in [-0.25, -0.2) is 9.59 Å². The van der Waals surface area contributed by atoms with Gasteiger partial charge in [0.1, 0.15) is 29.6 Å². The fourth-order valence-corrected chi connectivity index (χ4v) is 3.49. The Morgan fingerprint density at radius 1 is 0.789 bits per heavy atom. The van der Waals surface area contributed by atoms with Crippen LogP contribution in [0.2, 0.25) is 0 Å². The molecule has 0 radical (unpaired) electrons. The third kappa shape index (κ3) is 9.74. The van der Waals surface area contributed by atoms with Crippen LogP contribution in [-0.2, 0) is 14.4 Å². The maximum atomic E-state index is 12.8. The summed E-state index contributed by atoms with van der Waals surface area (Å²) in [6, 6.07) is 11.5. The van der Waals surface area contributed by atoms with E-state index < -0.39 is 48.5 Å². The van der Waals surface area contributed by atoms with E-state index in [2.05, 4.69) is 21.3 Å². The summed E-state index contributed by atoms with van der Waals surface area (Å²) in [5, 5.41) is 29.0. The number of carboxylic acid groups (broad SMARTS) is 1. The predicted molar refractivity (Wildman–Crippen MR) is 142 cm³/mol. The van der Waals surface area contributed by atoms with Gasteiger partial charge >= 0.3 is 12.0 Å². The first kappa shape index (κ1) is 30.1. The minimum absolute atomic E-state index is 0.00828. The summed E-state index contributed by atoms with van der Waals surface area (Å²) in [6.45, 7) is 6.28. The summed E-state index contributed by atoms with van der Waals surface area (Å²) in [6.07, 6.45) is 0.226. The lowest BCUT2D eigenvalue weighted by atomic mass is 10.00. The van der Waals surface area contributed by atoms with Crippen LogP contribution in [0.25, 0.3) is 0 Å². The van der Waals surface area contributed by atoms with Crippen molar-refractivity contribution in [2.45, 2.75) is 52.2 Å². The lowest BCUT2D eigenvalue weighted by Gasteiger charge is -2.26. The molecule has 0 aliphatic heterocycles. The van der Waals surface area contributed by atoms with Crippen molar-refractivity contribution in [2.75, 3.05) is 11.9 Å². The molecule has 0 aromatic heterocycles. The van der Waals surface area contributed by atoms with Gasteiger partial charge in [-0.15, -0.1) is 0 Å². The Morgan fingerprint density at radius 2 is 1.37 bits per heavy atom. The topological polar surface area (TPSA) is 166 Å². The van der Waals surface area contributed by atoms with E-state index in [4.69, 9.17) is 4.74 Å². The van der Waals surface area contributed by atoms with Gasteiger partial charge in [-0.2, -0.15) is 0 Å². The molecule has 0 unspecified atom stereocenters. The zero-order valence-corrected chi connectivity index (χ0v) is 21.9. The molecular formula is C27H36N4O7. The first-order chi connectivity index (χ1) is 18.0. The highest BCUT2D eigenvalue weighted by Crippen LogP contribution is 2.22. The number of amides is 4. The Kier molecular flexibility index (Phi) is 11.5. The van der Waals surface area contributed by atoms with Crippen LogP contribution in [-0.4, -0.2) is 58.8 Å². The summed E-state index contributed by atoms with van der Waals surface area (Å²) in [4.78, 5) is 49.5. The summed E-state index contributed by atoms with van der Waals surface area (Å²) in [5.74, 6) is -1.79. The normalized spacial score (nSPS) is 13.2. The van der Waals surface area contributed by atoms with Gasteiger partial charge in [-0.3, -0.25) is 9.59 Å². The van der Waals surface area contributed by atoms with Gasteiger partial charge in [0.2, 0.25) is 11.8 Å². The number of benzene rings is 2. The third-order valence-corrected chi connectivity index (χ3v) is 5.47. The van der Waals surface area contributed by atoms with E-state index in [1.807, 2.05) is 44.2 Å². The highest BCUT2D eigenvalue weighted by atomic mass is 16.5. The second-order valence-electron chi connectivity index (χ2n) is 9.53. The Balaban J connectivity index is 1.98. The number of carbonyl (C=O) groups excluding carboxylic acids is 3. The minimum Gasteiger partial charge on any atom is -0.480 e. The van der Waals surface area contributed by atoms with E-state index in [1.54, 1.807) is 38.1 Å². The molecular weight excluding hydrogens is 492 g/mol. The second kappa shape index (κ2) is 14.6. The highest BCUT2D eigenvalue weighted by molar-refractivity contribution is 5.96. The zero-order valence-electron chi connectivity index (χ0n) is 21.9. The molecule has 0 saturated heterocycles. The lowest BCUT2D eigenvalue weighted by Crippen LogP contribution is -2.57. The van der Waals surface area contributed by atoms with Crippen molar-refractivity contribution in [1.82, 2.24) is 16.0 Å². The number of carboxylic acids is 1. The largest absolute Gasteiger partial charge is 0.480 e. The highest BCUT2D eigenvalue weighted by Gasteiger charge is 2.31. The molecule has 0 aliphatic rings. The Hall–Kier alpha value is -4.12. The van der Waals surface area contributed by atoms with Gasteiger partial charge in [0.25, 0.3) is 0 Å². The molecule has 3 atom stereocenters. The fraction of sp³-hybridized carbons (Fsp3) is 0.407. The van der Waals surface area contributed by atoms with Gasteiger partial charge in [0.15, 0.2) is 0 Å². The molecule has 0 bridgehead atoms. The number of anilines is 1. The second-order valence-corrected chi connectivity index (χ2v) is 9.53. The molecule has 11 nitrogen and oxygen atoms in total. The first-order valence-corrected chi connectivity index (χ1v) is 12.3. The average molecular weight is 529 g/mol. The lowest BCUT2D eigenvalue weighted by molar-refractivity contribution is -0.143. The Morgan fingerprint density at radius 3 is 1.89 bits per heavy atom. The van der Waals surface area contributed by atoms with Crippen molar-refractivity contribution in [2.24, 2.45) is 11.8 Å². The number of aliphatic hydroxyl groups is 1. The van der Waals surface area contributed by atoms with Crippen molar-refractivity contribution in [3.05, 3.63) is 54.6 Å². The number of urea groups is 1. The number of ether oxygens (including phenoxy) is 1. The number of aliphatic carboxylic acids is 1. The zero-order chi connectivity index (χ0) is 28.2. The van der Waals surface area contributed by atoms with Crippen LogP contribution in [0.3, 0.4) is 0 Å². The molecule has 0 aliphatic carbocycles. The van der Waals surface area contributed by atoms with Crippen LogP contribution in [0.4, 0.5) is 10.5 Å². The van der Waals surface area contributed by atoms with Crippen LogP contribution in [0.1, 0.15) is 34.1 Å². The van der Waals surface area contributed by atoms with Crippen LogP contribution < -0.4 is 26.0 Å². The van der Waals surface area contributed by atoms with E-state index in [0.29, 0.717) is 17.2 Å². The molecule has 0 heterocycles. The van der Waals surface area contributed by atoms with Crippen LogP contribution in [0.15, 0.2) is 54.6 Å². The molecule has 6 N–H and O–H groups in total. The van der Waals surface area contributed by atoms with E-state index in [-0.39, 0.29) is 18.3 Å². The van der Waals surface area contributed by atoms with E-state index in [0.717, 1.165) is 0 Å². The standard InChI is InChI=1S/C27H36N4O7/c1-16(2)14-21(24(33)31-23(17(3)4)26(35)36)29-25(34)22(15-32)30-27(37)28-18-10-12-20(13-11-18)38-19-8-6-5-7-9-19/h5-13,16-17,21-23,32H,14-15H2,1-4H3,(H,29,34)(H,31,33)(H,35,36)(H2,28,30,37)/t21-,22-,23-/m0/s1. The third-order valence-electron chi connectivity index (χ3n) is 5.47. The number of rotatable bonds is 13. The van der Waals surface area contributed by atoms with Crippen molar-refractivity contribution in [1.29, 1.82) is 0 Å². The fourth-order valence-electron chi connectivity index (χ4n) is 3.49. The number of nitrogens with one attached hydrogen (secondary N) is 4. The monoisotopic (exact) mass is 528 g/mol. The van der Waals surface area contributed by atoms with Gasteiger partial charge in [-0.1, -0.05) is 45.9 Å². The molecule has 206 valence electrons. The van der Waals surface area contributed by atoms with Gasteiger partial charge in [0, 0.05) is 5.69 Å². The maximum absolute atomic E-state index is 12.8. The molecule has 11 heteroatoms. The minimum atomic E-state index is -1.35. The number of aliphatic hydroxyl groups excluding tert-OH is 1. The van der Waals surface area contributed by atoms with E-state index in [1.165, 1.54) is 0 Å². The molecule has 0 spiro atoms. The van der Waals surface area contributed by atoms with E-state index in [9.17, 15) is 29.4 Å². The summed E-state index contributed by atoms with van der Waals surface area (Å²) in [7, 11) is 0. The summed E-state index contributed by atoms with van der Waals surface area (Å²) in [5.41, 5.74) is 0.422. The SMILES string of the molecule is CC(C)C[C@H](NC(=O)[C@H](CO)NC(=O)Nc1ccc(Oc2ccccc2)cc1)C(=O)N[C@H](C(=O)O)C(C)C. The number of para-hydroxylation sites is 1. The first-order valence-electron chi connectivity index (χ1n) is 12.3. The predicted octanol–water partition coefficient (Wildman–Crippen LogP) is 2.72. The van der Waals surface area contributed by atoms with Gasteiger partial charge in [-0.05, 0) is 54.7 Å². The van der Waals surface area contributed by atoms with Crippen molar-refractivity contribution >= 4 is 29.5 Å². The summed E-state index contributed by atoms with van der Waals surface area (Å²) < 4.78 is 5.71. The number of carbonyl (C=O) groups is 4. The molecule has 4 amide bonds. The van der Waals surface area contributed by atoms with Crippen molar-refractivity contribution in [3.8, 4) is 11.5 Å². The van der Waals surface area contributed by atoms with Gasteiger partial charge < -0.3 is 36.2 Å². The molecule has 38 heavy (non-hydrogen) atoms. The Bertz CT molecular complexity index is 1070. The molecule has 2 aromatic carbocycles. The Labute approximate surface area is 222 Å². The summed E-state index contributed by atoms with van der Waals surface area (Å²) >= 11 is 0. The molecule has 0 fully saturated rings. The molecule has 2 rings (SSSR count). The average Bonchev–Trinajstić information content (AvgIpc) is 2.86. The van der Waals surface area contributed by atoms with E-state index >= 15 is 0 Å².